The van der Waals surface area contributed by atoms with Gasteiger partial charge < -0.3 is 29.0 Å². The Morgan fingerprint density at radius 1 is 1.03 bits per heavy atom. The van der Waals surface area contributed by atoms with Crippen LogP contribution in [0.1, 0.15) is 41.2 Å². The molecule has 1 saturated heterocycles. The molecule has 160 valence electrons. The lowest BCUT2D eigenvalue weighted by molar-refractivity contribution is -0.0639. The SMILES string of the molecule is COc1cc(C(=O)N[C@@H]2CC3(CCOCC3)Oc3ccccc32)cc(OC)c1OC. The molecule has 1 atom stereocenters. The highest BCUT2D eigenvalue weighted by atomic mass is 16.5. The Hall–Kier alpha value is -2.93. The Morgan fingerprint density at radius 3 is 2.33 bits per heavy atom. The predicted molar refractivity (Wildman–Crippen MR) is 111 cm³/mol. The molecule has 0 bridgehead atoms. The van der Waals surface area contributed by atoms with Crippen LogP contribution in [0, 0.1) is 0 Å². The summed E-state index contributed by atoms with van der Waals surface area (Å²) in [6.45, 7) is 1.32. The average Bonchev–Trinajstić information content (AvgIpc) is 2.78. The van der Waals surface area contributed by atoms with Crippen LogP contribution in [-0.4, -0.2) is 46.1 Å². The number of carbonyl (C=O) groups excluding carboxylic acids is 1. The maximum absolute atomic E-state index is 13.2. The van der Waals surface area contributed by atoms with Crippen molar-refractivity contribution in [2.24, 2.45) is 0 Å². The van der Waals surface area contributed by atoms with Gasteiger partial charge in [-0.25, -0.2) is 0 Å². The molecule has 1 N–H and O–H groups in total. The summed E-state index contributed by atoms with van der Waals surface area (Å²) in [5.41, 5.74) is 1.10. The van der Waals surface area contributed by atoms with Gasteiger partial charge in [0.25, 0.3) is 5.91 Å². The Balaban J connectivity index is 1.64. The highest BCUT2D eigenvalue weighted by Crippen LogP contribution is 2.44. The second-order valence-corrected chi connectivity index (χ2v) is 7.58. The van der Waals surface area contributed by atoms with Crippen LogP contribution in [0.15, 0.2) is 36.4 Å². The van der Waals surface area contributed by atoms with Crippen molar-refractivity contribution < 1.29 is 28.5 Å². The molecule has 2 aliphatic rings. The third kappa shape index (κ3) is 3.77. The van der Waals surface area contributed by atoms with Crippen LogP contribution in [0.5, 0.6) is 23.0 Å². The van der Waals surface area contributed by atoms with Gasteiger partial charge in [0.1, 0.15) is 11.4 Å². The van der Waals surface area contributed by atoms with E-state index in [4.69, 9.17) is 23.7 Å². The van der Waals surface area contributed by atoms with Crippen molar-refractivity contribution >= 4 is 5.91 Å². The molecule has 7 heteroatoms. The number of amides is 1. The minimum absolute atomic E-state index is 0.167. The van der Waals surface area contributed by atoms with E-state index < -0.39 is 0 Å². The summed E-state index contributed by atoms with van der Waals surface area (Å²) in [6, 6.07) is 11.0. The minimum Gasteiger partial charge on any atom is -0.493 e. The number of ether oxygens (including phenoxy) is 5. The van der Waals surface area contributed by atoms with E-state index in [-0.39, 0.29) is 17.6 Å². The number of benzene rings is 2. The van der Waals surface area contributed by atoms with Crippen LogP contribution >= 0.6 is 0 Å². The summed E-state index contributed by atoms with van der Waals surface area (Å²) < 4.78 is 28.1. The summed E-state index contributed by atoms with van der Waals surface area (Å²) in [6.07, 6.45) is 2.30. The molecule has 2 aromatic carbocycles. The van der Waals surface area contributed by atoms with Gasteiger partial charge in [0.15, 0.2) is 11.5 Å². The highest BCUT2D eigenvalue weighted by molar-refractivity contribution is 5.96. The van der Waals surface area contributed by atoms with E-state index >= 15 is 0 Å². The van der Waals surface area contributed by atoms with Gasteiger partial charge in [-0.2, -0.15) is 0 Å². The number of methoxy groups -OCH3 is 3. The second kappa shape index (κ2) is 8.44. The Bertz CT molecular complexity index is 897. The van der Waals surface area contributed by atoms with E-state index in [2.05, 4.69) is 5.32 Å². The fourth-order valence-electron chi connectivity index (χ4n) is 4.25. The van der Waals surface area contributed by atoms with Crippen molar-refractivity contribution in [2.75, 3.05) is 34.5 Å². The van der Waals surface area contributed by atoms with Crippen molar-refractivity contribution in [1.82, 2.24) is 5.32 Å². The predicted octanol–water partition coefficient (Wildman–Crippen LogP) is 3.52. The fraction of sp³-hybridized carbons (Fsp3) is 0.435. The normalized spacial score (nSPS) is 19.4. The van der Waals surface area contributed by atoms with Gasteiger partial charge in [-0.1, -0.05) is 18.2 Å². The molecule has 0 radical (unpaired) electrons. The number of para-hydroxylation sites is 1. The molecular formula is C23H27NO6. The van der Waals surface area contributed by atoms with Gasteiger partial charge in [-0.3, -0.25) is 4.79 Å². The van der Waals surface area contributed by atoms with Gasteiger partial charge in [0.05, 0.1) is 40.6 Å². The topological polar surface area (TPSA) is 75.3 Å². The highest BCUT2D eigenvalue weighted by Gasteiger charge is 2.42. The van der Waals surface area contributed by atoms with Crippen molar-refractivity contribution in [2.45, 2.75) is 30.9 Å². The minimum atomic E-state index is -0.320. The maximum Gasteiger partial charge on any atom is 0.252 e. The van der Waals surface area contributed by atoms with Gasteiger partial charge >= 0.3 is 0 Å². The molecule has 0 unspecified atom stereocenters. The van der Waals surface area contributed by atoms with Crippen LogP contribution in [-0.2, 0) is 4.74 Å². The molecule has 4 rings (SSSR count). The Morgan fingerprint density at radius 2 is 1.70 bits per heavy atom. The summed E-state index contributed by atoms with van der Waals surface area (Å²) >= 11 is 0. The first kappa shape index (κ1) is 20.3. The first-order valence-electron chi connectivity index (χ1n) is 10.1. The van der Waals surface area contributed by atoms with Crippen LogP contribution in [0.2, 0.25) is 0 Å². The zero-order valence-corrected chi connectivity index (χ0v) is 17.5. The number of carbonyl (C=O) groups is 1. The van der Waals surface area contributed by atoms with E-state index in [1.165, 1.54) is 21.3 Å². The van der Waals surface area contributed by atoms with Crippen LogP contribution in [0.4, 0.5) is 0 Å². The van der Waals surface area contributed by atoms with Gasteiger partial charge in [-0.15, -0.1) is 0 Å². The van der Waals surface area contributed by atoms with Crippen molar-refractivity contribution in [3.63, 3.8) is 0 Å². The summed E-state index contributed by atoms with van der Waals surface area (Å²) in [7, 11) is 4.59. The quantitative estimate of drug-likeness (QED) is 0.809. The molecule has 2 heterocycles. The molecular weight excluding hydrogens is 386 g/mol. The fourth-order valence-corrected chi connectivity index (χ4v) is 4.25. The molecule has 7 nitrogen and oxygen atoms in total. The zero-order chi connectivity index (χ0) is 21.1. The van der Waals surface area contributed by atoms with E-state index in [0.717, 1.165) is 24.2 Å². The zero-order valence-electron chi connectivity index (χ0n) is 17.5. The number of hydrogen-bond acceptors (Lipinski definition) is 6. The van der Waals surface area contributed by atoms with Crippen molar-refractivity contribution in [3.05, 3.63) is 47.5 Å². The van der Waals surface area contributed by atoms with Crippen molar-refractivity contribution in [1.29, 1.82) is 0 Å². The largest absolute Gasteiger partial charge is 0.493 e. The third-order valence-corrected chi connectivity index (χ3v) is 5.83. The van der Waals surface area contributed by atoms with Gasteiger partial charge in [0.2, 0.25) is 5.75 Å². The average molecular weight is 413 g/mol. The molecule has 0 saturated carbocycles. The van der Waals surface area contributed by atoms with Gasteiger partial charge in [-0.05, 0) is 18.2 Å². The van der Waals surface area contributed by atoms with E-state index in [1.807, 2.05) is 24.3 Å². The summed E-state index contributed by atoms with van der Waals surface area (Å²) in [5.74, 6) is 1.94. The summed E-state index contributed by atoms with van der Waals surface area (Å²) in [4.78, 5) is 13.2. The molecule has 1 amide bonds. The van der Waals surface area contributed by atoms with Crippen molar-refractivity contribution in [3.8, 4) is 23.0 Å². The lowest BCUT2D eigenvalue weighted by atomic mass is 9.82. The van der Waals surface area contributed by atoms with Gasteiger partial charge in [0, 0.05) is 30.4 Å². The first-order valence-corrected chi connectivity index (χ1v) is 10.1. The standard InChI is InChI=1S/C23H27NO6/c1-26-19-12-15(13-20(27-2)21(19)28-3)22(25)24-17-14-23(8-10-29-11-9-23)30-18-7-5-4-6-16(17)18/h4-7,12-13,17H,8-11,14H2,1-3H3,(H,24,25)/t17-/m1/s1. The number of fused-ring (bicyclic) bond motifs is 1. The van der Waals surface area contributed by atoms with E-state index in [9.17, 15) is 4.79 Å². The molecule has 1 fully saturated rings. The Labute approximate surface area is 176 Å². The molecule has 0 aromatic heterocycles. The molecule has 1 spiro atoms. The monoisotopic (exact) mass is 413 g/mol. The smallest absolute Gasteiger partial charge is 0.252 e. The lowest BCUT2D eigenvalue weighted by Gasteiger charge is -2.44. The maximum atomic E-state index is 13.2. The molecule has 2 aromatic rings. The third-order valence-electron chi connectivity index (χ3n) is 5.83. The number of rotatable bonds is 5. The van der Waals surface area contributed by atoms with Crippen LogP contribution in [0.3, 0.4) is 0 Å². The number of nitrogens with one attached hydrogen (secondary N) is 1. The van der Waals surface area contributed by atoms with E-state index in [1.54, 1.807) is 12.1 Å². The molecule has 0 aliphatic carbocycles. The number of hydrogen-bond donors (Lipinski definition) is 1. The Kier molecular flexibility index (Phi) is 5.72. The first-order chi connectivity index (χ1) is 14.6. The lowest BCUT2D eigenvalue weighted by Crippen LogP contribution is -2.48. The van der Waals surface area contributed by atoms with E-state index in [0.29, 0.717) is 42.4 Å². The molecule has 30 heavy (non-hydrogen) atoms. The molecule has 2 aliphatic heterocycles. The van der Waals surface area contributed by atoms with Crippen LogP contribution in [0.25, 0.3) is 0 Å². The summed E-state index contributed by atoms with van der Waals surface area (Å²) in [5, 5.41) is 3.19. The second-order valence-electron chi connectivity index (χ2n) is 7.58. The van der Waals surface area contributed by atoms with Crippen LogP contribution < -0.4 is 24.3 Å².